The van der Waals surface area contributed by atoms with E-state index in [2.05, 4.69) is 4.98 Å². The van der Waals surface area contributed by atoms with Crippen LogP contribution in [0.4, 0.5) is 4.79 Å². The van der Waals surface area contributed by atoms with Crippen molar-refractivity contribution >= 4 is 12.1 Å². The van der Waals surface area contributed by atoms with Crippen molar-refractivity contribution < 1.29 is 28.2 Å². The second-order valence-corrected chi connectivity index (χ2v) is 10.7. The number of hydrogen-bond donors (Lipinski definition) is 0. The zero-order valence-corrected chi connectivity index (χ0v) is 23.4. The topological polar surface area (TPSA) is 91.1 Å². The third-order valence-corrected chi connectivity index (χ3v) is 6.66. The molecule has 1 fully saturated rings. The number of hydrogen-bond acceptors (Lipinski definition) is 7. The molecule has 0 spiro atoms. The summed E-state index contributed by atoms with van der Waals surface area (Å²) in [7, 11) is 0. The van der Waals surface area contributed by atoms with Crippen LogP contribution in [0.3, 0.4) is 0 Å². The first-order chi connectivity index (χ1) is 18.6. The van der Waals surface area contributed by atoms with Gasteiger partial charge in [-0.3, -0.25) is 4.79 Å². The molecule has 0 bridgehead atoms. The van der Waals surface area contributed by atoms with Crippen LogP contribution in [0, 0.1) is 12.8 Å². The molecule has 0 saturated carbocycles. The van der Waals surface area contributed by atoms with Crippen molar-refractivity contribution in [3.63, 3.8) is 0 Å². The fraction of sp³-hybridized carbons (Fsp3) is 0.452. The molecule has 1 unspecified atom stereocenters. The number of likely N-dealkylation sites (tertiary alicyclic amines) is 1. The summed E-state index contributed by atoms with van der Waals surface area (Å²) in [6.45, 7) is 10.8. The number of ether oxygens (including phenoxy) is 3. The number of aromatic nitrogens is 1. The molecule has 1 aliphatic heterocycles. The molecule has 3 aromatic rings. The van der Waals surface area contributed by atoms with E-state index in [0.29, 0.717) is 50.8 Å². The van der Waals surface area contributed by atoms with Crippen molar-refractivity contribution in [2.24, 2.45) is 5.92 Å². The van der Waals surface area contributed by atoms with E-state index >= 15 is 0 Å². The number of amides is 1. The highest BCUT2D eigenvalue weighted by molar-refractivity contribution is 5.75. The van der Waals surface area contributed by atoms with Crippen molar-refractivity contribution in [2.45, 2.75) is 59.0 Å². The Hall–Kier alpha value is -3.81. The van der Waals surface area contributed by atoms with Crippen LogP contribution in [-0.2, 0) is 20.7 Å². The van der Waals surface area contributed by atoms with Gasteiger partial charge in [0.15, 0.2) is 0 Å². The molecule has 0 radical (unpaired) electrons. The normalized spacial score (nSPS) is 17.5. The Kier molecular flexibility index (Phi) is 8.94. The zero-order chi connectivity index (χ0) is 28.0. The van der Waals surface area contributed by atoms with Gasteiger partial charge in [-0.15, -0.1) is 0 Å². The molecule has 1 aliphatic rings. The molecule has 4 rings (SSSR count). The van der Waals surface area contributed by atoms with Gasteiger partial charge in [0.2, 0.25) is 5.89 Å². The summed E-state index contributed by atoms with van der Waals surface area (Å²) in [5.74, 6) is 1.23. The molecule has 8 heteroatoms. The van der Waals surface area contributed by atoms with Crippen molar-refractivity contribution in [3.05, 3.63) is 71.6 Å². The van der Waals surface area contributed by atoms with Gasteiger partial charge in [0.1, 0.15) is 17.1 Å². The molecule has 1 aromatic heterocycles. The van der Waals surface area contributed by atoms with Gasteiger partial charge in [-0.2, -0.15) is 0 Å². The molecule has 2 atom stereocenters. The number of carbonyl (C=O) groups excluding carboxylic acids is 2. The molecule has 208 valence electrons. The molecule has 0 aliphatic carbocycles. The average Bonchev–Trinajstić information content (AvgIpc) is 3.28. The lowest BCUT2D eigenvalue weighted by molar-refractivity contribution is -0.150. The number of esters is 1. The van der Waals surface area contributed by atoms with Crippen LogP contribution in [0.1, 0.15) is 57.1 Å². The molecule has 0 N–H and O–H groups in total. The Morgan fingerprint density at radius 2 is 1.87 bits per heavy atom. The number of aryl methyl sites for hydroxylation is 1. The second-order valence-electron chi connectivity index (χ2n) is 10.7. The summed E-state index contributed by atoms with van der Waals surface area (Å²) in [6.07, 6.45) is 0.719. The highest BCUT2D eigenvalue weighted by Crippen LogP contribution is 2.35. The first-order valence-electron chi connectivity index (χ1n) is 13.5. The molecule has 2 heterocycles. The van der Waals surface area contributed by atoms with Crippen LogP contribution in [0.25, 0.3) is 11.5 Å². The lowest BCUT2D eigenvalue weighted by Crippen LogP contribution is -2.47. The summed E-state index contributed by atoms with van der Waals surface area (Å²) in [5.41, 5.74) is 2.11. The fourth-order valence-electron chi connectivity index (χ4n) is 4.78. The summed E-state index contributed by atoms with van der Waals surface area (Å²) in [4.78, 5) is 32.0. The number of carbonyl (C=O) groups is 2. The van der Waals surface area contributed by atoms with Crippen LogP contribution in [-0.4, -0.2) is 53.9 Å². The maximum absolute atomic E-state index is 12.8. The number of piperidine rings is 1. The van der Waals surface area contributed by atoms with E-state index in [1.54, 1.807) is 11.8 Å². The van der Waals surface area contributed by atoms with Crippen molar-refractivity contribution in [2.75, 3.05) is 26.3 Å². The Morgan fingerprint density at radius 3 is 2.59 bits per heavy atom. The summed E-state index contributed by atoms with van der Waals surface area (Å²) in [5, 5.41) is 0. The third-order valence-electron chi connectivity index (χ3n) is 6.66. The Labute approximate surface area is 230 Å². The quantitative estimate of drug-likeness (QED) is 0.319. The van der Waals surface area contributed by atoms with Gasteiger partial charge in [-0.1, -0.05) is 30.3 Å². The van der Waals surface area contributed by atoms with E-state index in [1.807, 2.05) is 82.3 Å². The molecule has 8 nitrogen and oxygen atoms in total. The summed E-state index contributed by atoms with van der Waals surface area (Å²) >= 11 is 0. The van der Waals surface area contributed by atoms with E-state index in [1.165, 1.54) is 0 Å². The van der Waals surface area contributed by atoms with Gasteiger partial charge in [0.05, 0.1) is 24.8 Å². The SMILES string of the molecule is CCOC(=O)[C@H]1CCN(C(=O)OC(C)(C)C)CC1c1cccc(OCCc2nc(-c3ccccc3)oc2C)c1. The van der Waals surface area contributed by atoms with Gasteiger partial charge >= 0.3 is 12.1 Å². The standard InChI is InChI=1S/C31H38N2O6/c1-6-36-29(34)25-15-17-33(30(35)39-31(3,4)5)20-26(25)23-13-10-14-24(19-23)37-18-16-27-21(2)38-28(32-27)22-11-8-7-9-12-22/h7-14,19,25-26H,6,15-18,20H2,1-5H3/t25-,26?/m0/s1. The smallest absolute Gasteiger partial charge is 0.410 e. The molecule has 2 aromatic carbocycles. The van der Waals surface area contributed by atoms with Crippen molar-refractivity contribution in [3.8, 4) is 17.2 Å². The minimum atomic E-state index is -0.595. The maximum Gasteiger partial charge on any atom is 0.410 e. The van der Waals surface area contributed by atoms with E-state index in [0.717, 1.165) is 22.6 Å². The van der Waals surface area contributed by atoms with Gasteiger partial charge in [-0.05, 0) is 70.9 Å². The zero-order valence-electron chi connectivity index (χ0n) is 23.4. The van der Waals surface area contributed by atoms with Gasteiger partial charge < -0.3 is 23.5 Å². The average molecular weight is 535 g/mol. The first-order valence-corrected chi connectivity index (χ1v) is 13.5. The summed E-state index contributed by atoms with van der Waals surface area (Å²) < 4.78 is 22.9. The van der Waals surface area contributed by atoms with Crippen molar-refractivity contribution in [1.29, 1.82) is 0 Å². The minimum absolute atomic E-state index is 0.236. The second kappa shape index (κ2) is 12.4. The lowest BCUT2D eigenvalue weighted by Gasteiger charge is -2.38. The number of benzene rings is 2. The van der Waals surface area contributed by atoms with Gasteiger partial charge in [0, 0.05) is 31.0 Å². The molecular weight excluding hydrogens is 496 g/mol. The van der Waals surface area contributed by atoms with E-state index in [-0.39, 0.29) is 23.9 Å². The third kappa shape index (κ3) is 7.40. The minimum Gasteiger partial charge on any atom is -0.493 e. The Morgan fingerprint density at radius 1 is 1.10 bits per heavy atom. The van der Waals surface area contributed by atoms with Gasteiger partial charge in [0.25, 0.3) is 0 Å². The monoisotopic (exact) mass is 534 g/mol. The predicted molar refractivity (Wildman–Crippen MR) is 148 cm³/mol. The molecule has 39 heavy (non-hydrogen) atoms. The Balaban J connectivity index is 1.45. The van der Waals surface area contributed by atoms with Gasteiger partial charge in [-0.25, -0.2) is 9.78 Å². The molecular formula is C31H38N2O6. The summed E-state index contributed by atoms with van der Waals surface area (Å²) in [6, 6.07) is 17.5. The van der Waals surface area contributed by atoms with E-state index in [9.17, 15) is 9.59 Å². The first kappa shape index (κ1) is 28.2. The van der Waals surface area contributed by atoms with Crippen LogP contribution < -0.4 is 4.74 Å². The van der Waals surface area contributed by atoms with Crippen molar-refractivity contribution in [1.82, 2.24) is 9.88 Å². The fourth-order valence-corrected chi connectivity index (χ4v) is 4.78. The van der Waals surface area contributed by atoms with Crippen LogP contribution >= 0.6 is 0 Å². The van der Waals surface area contributed by atoms with Crippen LogP contribution in [0.15, 0.2) is 59.0 Å². The predicted octanol–water partition coefficient (Wildman–Crippen LogP) is 6.18. The largest absolute Gasteiger partial charge is 0.493 e. The van der Waals surface area contributed by atoms with E-state index < -0.39 is 5.60 Å². The molecule has 1 amide bonds. The number of nitrogens with zero attached hydrogens (tertiary/aromatic N) is 2. The highest BCUT2D eigenvalue weighted by atomic mass is 16.6. The number of rotatable bonds is 8. The number of oxazole rings is 1. The lowest BCUT2D eigenvalue weighted by atomic mass is 9.80. The maximum atomic E-state index is 12.8. The van der Waals surface area contributed by atoms with Crippen LogP contribution in [0.2, 0.25) is 0 Å². The Bertz CT molecular complexity index is 1260. The van der Waals surface area contributed by atoms with Crippen LogP contribution in [0.5, 0.6) is 5.75 Å². The highest BCUT2D eigenvalue weighted by Gasteiger charge is 2.39. The molecule has 1 saturated heterocycles. The van der Waals surface area contributed by atoms with E-state index in [4.69, 9.17) is 18.6 Å².